The predicted molar refractivity (Wildman–Crippen MR) is 54.6 cm³/mol. The Morgan fingerprint density at radius 1 is 1.60 bits per heavy atom. The lowest BCUT2D eigenvalue weighted by Crippen LogP contribution is -2.03. The van der Waals surface area contributed by atoms with Crippen LogP contribution in [0.1, 0.15) is 0 Å². The van der Waals surface area contributed by atoms with Gasteiger partial charge < -0.3 is 5.73 Å². The Hall–Kier alpha value is -2.18. The number of anilines is 1. The number of rotatable bonds is 3. The van der Waals surface area contributed by atoms with Gasteiger partial charge in [0.2, 0.25) is 0 Å². The first-order valence-corrected chi connectivity index (χ1v) is 4.39. The SMILES string of the molecule is C=CCn1nnnc1-c1cnn(C)c1N. The van der Waals surface area contributed by atoms with Crippen LogP contribution in [-0.2, 0) is 13.6 Å². The Labute approximate surface area is 86.2 Å². The van der Waals surface area contributed by atoms with E-state index in [1.54, 1.807) is 28.7 Å². The van der Waals surface area contributed by atoms with Gasteiger partial charge in [-0.3, -0.25) is 4.68 Å². The van der Waals surface area contributed by atoms with Gasteiger partial charge in [0.25, 0.3) is 0 Å². The third-order valence-corrected chi connectivity index (χ3v) is 2.06. The Morgan fingerprint density at radius 3 is 3.00 bits per heavy atom. The number of aryl methyl sites for hydroxylation is 1. The summed E-state index contributed by atoms with van der Waals surface area (Å²) in [5.74, 6) is 1.13. The second-order valence-corrected chi connectivity index (χ2v) is 3.04. The molecule has 0 saturated heterocycles. The largest absolute Gasteiger partial charge is 0.383 e. The lowest BCUT2D eigenvalue weighted by atomic mass is 10.3. The van der Waals surface area contributed by atoms with E-state index in [1.807, 2.05) is 0 Å². The quantitative estimate of drug-likeness (QED) is 0.703. The minimum absolute atomic E-state index is 0.537. The number of aromatic nitrogens is 6. The molecule has 2 rings (SSSR count). The molecular weight excluding hydrogens is 194 g/mol. The molecule has 0 atom stereocenters. The first-order valence-electron chi connectivity index (χ1n) is 4.39. The van der Waals surface area contributed by atoms with E-state index in [2.05, 4.69) is 27.2 Å². The normalized spacial score (nSPS) is 10.5. The lowest BCUT2D eigenvalue weighted by molar-refractivity contribution is 0.665. The third kappa shape index (κ3) is 1.47. The Kier molecular flexibility index (Phi) is 2.20. The molecule has 0 aromatic carbocycles. The molecule has 0 aliphatic heterocycles. The number of hydrogen-bond acceptors (Lipinski definition) is 5. The zero-order chi connectivity index (χ0) is 10.8. The fourth-order valence-electron chi connectivity index (χ4n) is 1.26. The molecule has 0 amide bonds. The molecule has 2 heterocycles. The van der Waals surface area contributed by atoms with Crippen molar-refractivity contribution in [2.45, 2.75) is 6.54 Å². The maximum Gasteiger partial charge on any atom is 0.187 e. The van der Waals surface area contributed by atoms with Crippen LogP contribution in [0.15, 0.2) is 18.9 Å². The molecule has 0 unspecified atom stereocenters. The molecule has 2 aromatic rings. The number of nitrogens with two attached hydrogens (primary N) is 1. The zero-order valence-corrected chi connectivity index (χ0v) is 8.33. The monoisotopic (exact) mass is 205 g/mol. The molecule has 0 radical (unpaired) electrons. The Bertz CT molecular complexity index is 481. The van der Waals surface area contributed by atoms with Gasteiger partial charge in [0.05, 0.1) is 18.3 Å². The first kappa shape index (κ1) is 9.38. The summed E-state index contributed by atoms with van der Waals surface area (Å²) in [7, 11) is 1.76. The predicted octanol–water partition coefficient (Wildman–Crippen LogP) is -0.158. The summed E-state index contributed by atoms with van der Waals surface area (Å²) >= 11 is 0. The van der Waals surface area contributed by atoms with Crippen LogP contribution in [0.3, 0.4) is 0 Å². The standard InChI is InChI=1S/C8H11N7/c1-3-4-15-8(11-12-13-15)6-5-10-14(2)7(6)9/h3,5H,1,4,9H2,2H3. The van der Waals surface area contributed by atoms with Crippen LogP contribution in [0.5, 0.6) is 0 Å². The summed E-state index contributed by atoms with van der Waals surface area (Å²) in [5.41, 5.74) is 6.55. The summed E-state index contributed by atoms with van der Waals surface area (Å²) in [4.78, 5) is 0. The van der Waals surface area contributed by atoms with Gasteiger partial charge in [-0.15, -0.1) is 11.7 Å². The van der Waals surface area contributed by atoms with E-state index in [0.29, 0.717) is 18.2 Å². The highest BCUT2D eigenvalue weighted by atomic mass is 15.5. The van der Waals surface area contributed by atoms with E-state index < -0.39 is 0 Å². The van der Waals surface area contributed by atoms with Gasteiger partial charge in [0.15, 0.2) is 5.82 Å². The van der Waals surface area contributed by atoms with E-state index in [0.717, 1.165) is 5.56 Å². The molecular formula is C8H11N7. The van der Waals surface area contributed by atoms with Gasteiger partial charge >= 0.3 is 0 Å². The maximum atomic E-state index is 5.82. The molecule has 0 bridgehead atoms. The first-order chi connectivity index (χ1) is 7.24. The third-order valence-electron chi connectivity index (χ3n) is 2.06. The van der Waals surface area contributed by atoms with E-state index in [-0.39, 0.29) is 0 Å². The summed E-state index contributed by atoms with van der Waals surface area (Å²) in [5, 5.41) is 15.3. The van der Waals surface area contributed by atoms with Gasteiger partial charge in [0, 0.05) is 7.05 Å². The Morgan fingerprint density at radius 2 is 2.40 bits per heavy atom. The van der Waals surface area contributed by atoms with E-state index in [4.69, 9.17) is 5.73 Å². The smallest absolute Gasteiger partial charge is 0.187 e. The molecule has 7 heteroatoms. The van der Waals surface area contributed by atoms with E-state index in [9.17, 15) is 0 Å². The molecule has 0 fully saturated rings. The van der Waals surface area contributed by atoms with Crippen LogP contribution < -0.4 is 5.73 Å². The molecule has 0 saturated carbocycles. The number of tetrazole rings is 1. The molecule has 2 aromatic heterocycles. The highest BCUT2D eigenvalue weighted by Crippen LogP contribution is 2.21. The zero-order valence-electron chi connectivity index (χ0n) is 8.33. The minimum Gasteiger partial charge on any atom is -0.383 e. The number of hydrogen-bond donors (Lipinski definition) is 1. The lowest BCUT2D eigenvalue weighted by Gasteiger charge is -2.00. The van der Waals surface area contributed by atoms with Gasteiger partial charge in [-0.1, -0.05) is 6.08 Å². The summed E-state index contributed by atoms with van der Waals surface area (Å²) in [6.45, 7) is 4.17. The van der Waals surface area contributed by atoms with Crippen molar-refractivity contribution >= 4 is 5.82 Å². The van der Waals surface area contributed by atoms with Crippen molar-refractivity contribution in [2.75, 3.05) is 5.73 Å². The van der Waals surface area contributed by atoms with Crippen LogP contribution in [0.2, 0.25) is 0 Å². The number of allylic oxidation sites excluding steroid dienone is 1. The van der Waals surface area contributed by atoms with Crippen molar-refractivity contribution in [3.05, 3.63) is 18.9 Å². The van der Waals surface area contributed by atoms with E-state index >= 15 is 0 Å². The van der Waals surface area contributed by atoms with Crippen molar-refractivity contribution in [1.82, 2.24) is 30.0 Å². The molecule has 0 aliphatic carbocycles. The summed E-state index contributed by atoms with van der Waals surface area (Å²) < 4.78 is 3.18. The molecule has 0 spiro atoms. The highest BCUT2D eigenvalue weighted by molar-refractivity contribution is 5.67. The average molecular weight is 205 g/mol. The van der Waals surface area contributed by atoms with Gasteiger partial charge in [-0.2, -0.15) is 5.10 Å². The van der Waals surface area contributed by atoms with Crippen molar-refractivity contribution < 1.29 is 0 Å². The average Bonchev–Trinajstić information content (AvgIpc) is 2.77. The van der Waals surface area contributed by atoms with Crippen LogP contribution in [0, 0.1) is 0 Å². The number of nitrogen functional groups attached to an aromatic ring is 1. The second-order valence-electron chi connectivity index (χ2n) is 3.04. The molecule has 78 valence electrons. The van der Waals surface area contributed by atoms with Crippen molar-refractivity contribution in [3.8, 4) is 11.4 Å². The van der Waals surface area contributed by atoms with Gasteiger partial charge in [-0.25, -0.2) is 4.68 Å². The Balaban J connectivity index is 2.49. The number of nitrogens with zero attached hydrogens (tertiary/aromatic N) is 6. The van der Waals surface area contributed by atoms with Crippen LogP contribution in [0.25, 0.3) is 11.4 Å². The van der Waals surface area contributed by atoms with E-state index in [1.165, 1.54) is 0 Å². The van der Waals surface area contributed by atoms with Crippen LogP contribution in [0.4, 0.5) is 5.82 Å². The summed E-state index contributed by atoms with van der Waals surface area (Å²) in [6, 6.07) is 0. The fourth-order valence-corrected chi connectivity index (χ4v) is 1.26. The minimum atomic E-state index is 0.537. The van der Waals surface area contributed by atoms with Crippen molar-refractivity contribution in [3.63, 3.8) is 0 Å². The second kappa shape index (κ2) is 3.52. The molecule has 0 aliphatic rings. The highest BCUT2D eigenvalue weighted by Gasteiger charge is 2.14. The topological polar surface area (TPSA) is 87.4 Å². The van der Waals surface area contributed by atoms with Gasteiger partial charge in [0.1, 0.15) is 5.82 Å². The molecule has 2 N–H and O–H groups in total. The van der Waals surface area contributed by atoms with Crippen molar-refractivity contribution in [2.24, 2.45) is 7.05 Å². The molecule has 7 nitrogen and oxygen atoms in total. The molecule has 15 heavy (non-hydrogen) atoms. The van der Waals surface area contributed by atoms with Gasteiger partial charge in [-0.05, 0) is 10.4 Å². The van der Waals surface area contributed by atoms with Crippen molar-refractivity contribution in [1.29, 1.82) is 0 Å². The maximum absolute atomic E-state index is 5.82. The van der Waals surface area contributed by atoms with Crippen LogP contribution in [-0.4, -0.2) is 30.0 Å². The fraction of sp³-hybridized carbons (Fsp3) is 0.250. The summed E-state index contributed by atoms with van der Waals surface area (Å²) in [6.07, 6.45) is 3.35. The van der Waals surface area contributed by atoms with Crippen LogP contribution >= 0.6 is 0 Å².